The number of allylic oxidation sites excluding steroid dienone is 2. The highest BCUT2D eigenvalue weighted by Crippen LogP contribution is 2.18. The van der Waals surface area contributed by atoms with Crippen LogP contribution in [0.25, 0.3) is 0 Å². The molecule has 0 amide bonds. The number of alkyl halides is 1. The zero-order valence-electron chi connectivity index (χ0n) is 14.1. The molecule has 0 aliphatic heterocycles. The quantitative estimate of drug-likeness (QED) is 0.577. The summed E-state index contributed by atoms with van der Waals surface area (Å²) in [5, 5.41) is 0. The summed E-state index contributed by atoms with van der Waals surface area (Å²) >= 11 is 0. The van der Waals surface area contributed by atoms with Crippen LogP contribution in [0.3, 0.4) is 0 Å². The molecular formula is C18H30F2. The second-order valence-electron chi connectivity index (χ2n) is 4.55. The number of benzene rings is 1. The molecular weight excluding hydrogens is 254 g/mol. The lowest BCUT2D eigenvalue weighted by atomic mass is 9.99. The van der Waals surface area contributed by atoms with Gasteiger partial charge in [0.15, 0.2) is 0 Å². The largest absolute Gasteiger partial charge is 0.255 e. The van der Waals surface area contributed by atoms with Gasteiger partial charge in [-0.25, -0.2) is 4.39 Å². The average molecular weight is 284 g/mol. The van der Waals surface area contributed by atoms with Crippen molar-refractivity contribution in [1.82, 2.24) is 0 Å². The normalized spacial score (nSPS) is 8.85. The molecule has 1 rings (SSSR count). The zero-order chi connectivity index (χ0) is 16.1. The molecule has 0 N–H and O–H groups in total. The predicted octanol–water partition coefficient (Wildman–Crippen LogP) is 6.21. The van der Waals surface area contributed by atoms with E-state index in [-0.39, 0.29) is 5.82 Å². The molecule has 0 saturated carbocycles. The third-order valence-electron chi connectivity index (χ3n) is 2.82. The first-order valence-electron chi connectivity index (χ1n) is 7.33. The number of rotatable bonds is 4. The zero-order valence-corrected chi connectivity index (χ0v) is 14.1. The minimum atomic E-state index is -0.0466. The van der Waals surface area contributed by atoms with Crippen molar-refractivity contribution in [3.05, 3.63) is 46.3 Å². The van der Waals surface area contributed by atoms with E-state index in [4.69, 9.17) is 0 Å². The van der Waals surface area contributed by atoms with E-state index in [0.29, 0.717) is 7.18 Å². The lowest BCUT2D eigenvalue weighted by Gasteiger charge is -2.08. The van der Waals surface area contributed by atoms with Gasteiger partial charge in [-0.3, -0.25) is 4.39 Å². The summed E-state index contributed by atoms with van der Waals surface area (Å²) in [5.74, 6) is -0.0466. The van der Waals surface area contributed by atoms with Crippen LogP contribution in [0.2, 0.25) is 0 Å². The van der Waals surface area contributed by atoms with Gasteiger partial charge in [0.25, 0.3) is 0 Å². The van der Waals surface area contributed by atoms with Crippen molar-refractivity contribution in [2.75, 3.05) is 7.18 Å². The fraction of sp³-hybridized carbons (Fsp3) is 0.556. The molecule has 20 heavy (non-hydrogen) atoms. The van der Waals surface area contributed by atoms with E-state index in [1.807, 2.05) is 27.7 Å². The first kappa shape index (κ1) is 21.1. The van der Waals surface area contributed by atoms with E-state index in [0.717, 1.165) is 36.0 Å². The fourth-order valence-electron chi connectivity index (χ4n) is 1.96. The molecule has 2 heteroatoms. The van der Waals surface area contributed by atoms with Gasteiger partial charge in [-0.15, -0.1) is 0 Å². The minimum Gasteiger partial charge on any atom is -0.255 e. The van der Waals surface area contributed by atoms with Gasteiger partial charge in [0.05, 0.1) is 7.18 Å². The minimum absolute atomic E-state index is 0.0466. The molecule has 0 heterocycles. The molecule has 1 aromatic carbocycles. The average Bonchev–Trinajstić information content (AvgIpc) is 2.42. The third-order valence-corrected chi connectivity index (χ3v) is 2.82. The van der Waals surface area contributed by atoms with Crippen molar-refractivity contribution in [1.29, 1.82) is 0 Å². The summed E-state index contributed by atoms with van der Waals surface area (Å²) in [4.78, 5) is 0. The van der Waals surface area contributed by atoms with Gasteiger partial charge in [0.1, 0.15) is 5.82 Å². The number of aryl methyl sites for hydroxylation is 2. The van der Waals surface area contributed by atoms with Gasteiger partial charge in [-0.1, -0.05) is 38.5 Å². The van der Waals surface area contributed by atoms with E-state index in [2.05, 4.69) is 26.0 Å². The summed E-state index contributed by atoms with van der Waals surface area (Å²) in [6.07, 6.45) is 4.88. The van der Waals surface area contributed by atoms with Crippen LogP contribution in [0, 0.1) is 12.7 Å². The third kappa shape index (κ3) is 8.08. The van der Waals surface area contributed by atoms with Crippen molar-refractivity contribution in [3.63, 3.8) is 0 Å². The van der Waals surface area contributed by atoms with Gasteiger partial charge >= 0.3 is 0 Å². The standard InChI is InChI=1S/C15H21F.C2H6.CH3F/c1-5-14-12(4)9-13(10-15(14)16)8-6-7-11(2)3;2*1-2/h7,9-10H,5-6,8H2,1-4H3;1-2H3;1H3. The highest BCUT2D eigenvalue weighted by atomic mass is 19.1. The molecule has 0 aliphatic carbocycles. The molecule has 0 fully saturated rings. The van der Waals surface area contributed by atoms with Crippen molar-refractivity contribution >= 4 is 0 Å². The Hall–Kier alpha value is -1.18. The van der Waals surface area contributed by atoms with Crippen LogP contribution in [0.4, 0.5) is 8.78 Å². The van der Waals surface area contributed by atoms with Crippen LogP contribution in [-0.2, 0) is 12.8 Å². The maximum absolute atomic E-state index is 13.7. The van der Waals surface area contributed by atoms with Crippen LogP contribution in [0.15, 0.2) is 23.8 Å². The highest BCUT2D eigenvalue weighted by molar-refractivity contribution is 5.32. The molecule has 0 aromatic heterocycles. The van der Waals surface area contributed by atoms with Crippen molar-refractivity contribution in [2.45, 2.75) is 60.8 Å². The molecule has 0 radical (unpaired) electrons. The van der Waals surface area contributed by atoms with Crippen LogP contribution in [0.1, 0.15) is 57.7 Å². The molecule has 0 nitrogen and oxygen atoms in total. The molecule has 0 aliphatic rings. The van der Waals surface area contributed by atoms with Crippen LogP contribution in [0.5, 0.6) is 0 Å². The lowest BCUT2D eigenvalue weighted by Crippen LogP contribution is -1.96. The van der Waals surface area contributed by atoms with Crippen molar-refractivity contribution in [3.8, 4) is 0 Å². The second-order valence-corrected chi connectivity index (χ2v) is 4.55. The summed E-state index contributed by atoms with van der Waals surface area (Å²) < 4.78 is 23.2. The van der Waals surface area contributed by atoms with Crippen LogP contribution < -0.4 is 0 Å². The summed E-state index contributed by atoms with van der Waals surface area (Å²) in [5.41, 5.74) is 4.35. The van der Waals surface area contributed by atoms with Gasteiger partial charge in [0, 0.05) is 0 Å². The first-order valence-corrected chi connectivity index (χ1v) is 7.33. The number of halogens is 2. The van der Waals surface area contributed by atoms with Crippen molar-refractivity contribution in [2.24, 2.45) is 0 Å². The number of hydrogen-bond donors (Lipinski definition) is 0. The Balaban J connectivity index is 0. The first-order chi connectivity index (χ1) is 9.54. The molecule has 0 spiro atoms. The van der Waals surface area contributed by atoms with E-state index in [1.165, 1.54) is 5.57 Å². The Morgan fingerprint density at radius 1 is 1.15 bits per heavy atom. The fourth-order valence-corrected chi connectivity index (χ4v) is 1.96. The van der Waals surface area contributed by atoms with Crippen molar-refractivity contribution < 1.29 is 8.78 Å². The SMILES string of the molecule is CC.CCc1c(C)cc(CCC=C(C)C)cc1F.CF. The Bertz CT molecular complexity index is 365. The molecule has 1 aromatic rings. The molecule has 116 valence electrons. The van der Waals surface area contributed by atoms with Gasteiger partial charge in [-0.2, -0.15) is 0 Å². The van der Waals surface area contributed by atoms with Crippen LogP contribution in [-0.4, -0.2) is 7.18 Å². The van der Waals surface area contributed by atoms with Crippen LogP contribution >= 0.6 is 0 Å². The lowest BCUT2D eigenvalue weighted by molar-refractivity contribution is 0.607. The Morgan fingerprint density at radius 3 is 2.10 bits per heavy atom. The van der Waals surface area contributed by atoms with E-state index in [1.54, 1.807) is 6.07 Å². The topological polar surface area (TPSA) is 0 Å². The second kappa shape index (κ2) is 12.8. The molecule has 0 atom stereocenters. The van der Waals surface area contributed by atoms with E-state index in [9.17, 15) is 8.78 Å². The Labute approximate surface area is 123 Å². The van der Waals surface area contributed by atoms with E-state index >= 15 is 0 Å². The smallest absolute Gasteiger partial charge is 0.126 e. The van der Waals surface area contributed by atoms with Gasteiger partial charge < -0.3 is 0 Å². The Morgan fingerprint density at radius 2 is 1.70 bits per heavy atom. The highest BCUT2D eigenvalue weighted by Gasteiger charge is 2.05. The predicted molar refractivity (Wildman–Crippen MR) is 86.6 cm³/mol. The molecule has 0 saturated heterocycles. The van der Waals surface area contributed by atoms with Gasteiger partial charge in [0.2, 0.25) is 0 Å². The monoisotopic (exact) mass is 284 g/mol. The summed E-state index contributed by atoms with van der Waals surface area (Å²) in [7, 11) is 0.500. The maximum Gasteiger partial charge on any atom is 0.126 e. The Kier molecular flexibility index (Phi) is 13.6. The summed E-state index contributed by atoms with van der Waals surface area (Å²) in [6.45, 7) is 12.2. The molecule has 0 bridgehead atoms. The number of hydrogen-bond acceptors (Lipinski definition) is 0. The van der Waals surface area contributed by atoms with E-state index < -0.39 is 0 Å². The summed E-state index contributed by atoms with van der Waals surface area (Å²) in [6, 6.07) is 3.80. The molecule has 0 unspecified atom stereocenters. The van der Waals surface area contributed by atoms with Gasteiger partial charge in [-0.05, 0) is 62.8 Å². The maximum atomic E-state index is 13.7.